The minimum absolute atomic E-state index is 0.136. The van der Waals surface area contributed by atoms with E-state index in [1.807, 2.05) is 25.1 Å². The molecule has 0 unspecified atom stereocenters. The van der Waals surface area contributed by atoms with Crippen LogP contribution < -0.4 is 5.32 Å². The number of aromatic nitrogens is 3. The van der Waals surface area contributed by atoms with E-state index in [1.54, 1.807) is 17.1 Å². The van der Waals surface area contributed by atoms with Crippen molar-refractivity contribution >= 4 is 22.5 Å². The van der Waals surface area contributed by atoms with Gasteiger partial charge < -0.3 is 9.88 Å². The summed E-state index contributed by atoms with van der Waals surface area (Å²) < 4.78 is 3.89. The zero-order valence-electron chi connectivity index (χ0n) is 12.2. The van der Waals surface area contributed by atoms with Crippen molar-refractivity contribution in [3.8, 4) is 0 Å². The molecule has 0 aliphatic heterocycles. The molecule has 0 radical (unpaired) electrons. The van der Waals surface area contributed by atoms with E-state index in [0.29, 0.717) is 5.56 Å². The van der Waals surface area contributed by atoms with Crippen molar-refractivity contribution < 1.29 is 4.79 Å². The van der Waals surface area contributed by atoms with Gasteiger partial charge in [-0.15, -0.1) is 0 Å². The summed E-state index contributed by atoms with van der Waals surface area (Å²) in [4.78, 5) is 12.2. The first-order valence-electron chi connectivity index (χ1n) is 7.14. The Kier molecular flexibility index (Phi) is 3.48. The number of anilines is 1. The van der Waals surface area contributed by atoms with E-state index in [-0.39, 0.29) is 5.91 Å². The molecule has 0 bridgehead atoms. The fourth-order valence-electron chi connectivity index (χ4n) is 2.39. The second kappa shape index (κ2) is 5.44. The smallest absolute Gasteiger partial charge is 0.258 e. The maximum atomic E-state index is 12.2. The van der Waals surface area contributed by atoms with Crippen molar-refractivity contribution in [1.29, 1.82) is 0 Å². The van der Waals surface area contributed by atoms with Crippen LogP contribution in [0.1, 0.15) is 24.2 Å². The Balaban J connectivity index is 1.85. The molecule has 1 amide bonds. The first kappa shape index (κ1) is 13.4. The van der Waals surface area contributed by atoms with Crippen LogP contribution in [0.2, 0.25) is 0 Å². The number of nitrogens with zero attached hydrogens (tertiary/aromatic N) is 3. The number of rotatable bonds is 4. The number of carbonyl (C=O) groups excluding carboxylic acids is 1. The van der Waals surface area contributed by atoms with Gasteiger partial charge in [0, 0.05) is 31.2 Å². The number of hydrogen-bond acceptors (Lipinski definition) is 2. The van der Waals surface area contributed by atoms with E-state index in [9.17, 15) is 4.79 Å². The predicted octanol–water partition coefficient (Wildman–Crippen LogP) is 3.13. The third-order valence-electron chi connectivity index (χ3n) is 3.59. The van der Waals surface area contributed by atoms with Gasteiger partial charge in [-0.1, -0.05) is 6.07 Å². The van der Waals surface area contributed by atoms with Gasteiger partial charge in [-0.05, 0) is 37.4 Å². The molecule has 0 fully saturated rings. The molecule has 108 valence electrons. The number of fused-ring (bicyclic) bond motifs is 1. The number of carbonyl (C=O) groups is 1. The van der Waals surface area contributed by atoms with Gasteiger partial charge in [0.05, 0.1) is 17.3 Å². The molecule has 21 heavy (non-hydrogen) atoms. The molecule has 0 aliphatic rings. The molecular formula is C16H18N4O. The zero-order chi connectivity index (χ0) is 14.8. The molecule has 0 saturated heterocycles. The number of aryl methyl sites for hydroxylation is 2. The summed E-state index contributed by atoms with van der Waals surface area (Å²) in [5.74, 6) is -0.136. The highest BCUT2D eigenvalue weighted by Gasteiger charge is 2.09. The minimum atomic E-state index is -0.136. The second-order valence-corrected chi connectivity index (χ2v) is 4.91. The van der Waals surface area contributed by atoms with Crippen LogP contribution in [0.5, 0.6) is 0 Å². The lowest BCUT2D eigenvalue weighted by atomic mass is 10.2. The Morgan fingerprint density at radius 1 is 1.24 bits per heavy atom. The fourth-order valence-corrected chi connectivity index (χ4v) is 2.39. The van der Waals surface area contributed by atoms with Gasteiger partial charge in [-0.2, -0.15) is 5.10 Å². The number of hydrogen-bond donors (Lipinski definition) is 1. The molecule has 3 aromatic rings. The SMILES string of the molecule is CCn1cc(C(=O)Nc2ccc3ccn(CC)c3c2)cn1. The Labute approximate surface area is 123 Å². The first-order valence-corrected chi connectivity index (χ1v) is 7.14. The van der Waals surface area contributed by atoms with Gasteiger partial charge in [-0.25, -0.2) is 0 Å². The van der Waals surface area contributed by atoms with E-state index in [4.69, 9.17) is 0 Å². The lowest BCUT2D eigenvalue weighted by molar-refractivity contribution is 0.102. The normalized spacial score (nSPS) is 11.0. The Morgan fingerprint density at radius 3 is 2.81 bits per heavy atom. The van der Waals surface area contributed by atoms with E-state index in [0.717, 1.165) is 24.3 Å². The summed E-state index contributed by atoms with van der Waals surface area (Å²) in [6.07, 6.45) is 5.40. The van der Waals surface area contributed by atoms with Crippen molar-refractivity contribution in [2.45, 2.75) is 26.9 Å². The van der Waals surface area contributed by atoms with Gasteiger partial charge in [0.2, 0.25) is 0 Å². The molecule has 0 atom stereocenters. The average molecular weight is 282 g/mol. The molecule has 1 aromatic carbocycles. The molecule has 5 nitrogen and oxygen atoms in total. The summed E-state index contributed by atoms with van der Waals surface area (Å²) in [6.45, 7) is 5.75. The van der Waals surface area contributed by atoms with Crippen LogP contribution in [0, 0.1) is 0 Å². The topological polar surface area (TPSA) is 51.9 Å². The highest BCUT2D eigenvalue weighted by Crippen LogP contribution is 2.21. The summed E-state index contributed by atoms with van der Waals surface area (Å²) in [6, 6.07) is 8.02. The maximum absolute atomic E-state index is 12.2. The quantitative estimate of drug-likeness (QED) is 0.799. The maximum Gasteiger partial charge on any atom is 0.258 e. The minimum Gasteiger partial charge on any atom is -0.348 e. The van der Waals surface area contributed by atoms with Crippen molar-refractivity contribution in [1.82, 2.24) is 14.3 Å². The van der Waals surface area contributed by atoms with Crippen molar-refractivity contribution in [3.05, 3.63) is 48.4 Å². The van der Waals surface area contributed by atoms with Gasteiger partial charge in [0.15, 0.2) is 0 Å². The van der Waals surface area contributed by atoms with Gasteiger partial charge in [-0.3, -0.25) is 9.48 Å². The van der Waals surface area contributed by atoms with Crippen molar-refractivity contribution in [2.75, 3.05) is 5.32 Å². The molecule has 0 spiro atoms. The lowest BCUT2D eigenvalue weighted by Crippen LogP contribution is -2.11. The van der Waals surface area contributed by atoms with Gasteiger partial charge in [0.1, 0.15) is 0 Å². The molecule has 1 N–H and O–H groups in total. The third kappa shape index (κ3) is 2.54. The Morgan fingerprint density at radius 2 is 2.10 bits per heavy atom. The number of nitrogens with one attached hydrogen (secondary N) is 1. The number of benzene rings is 1. The van der Waals surface area contributed by atoms with E-state index in [2.05, 4.69) is 34.2 Å². The monoisotopic (exact) mass is 282 g/mol. The second-order valence-electron chi connectivity index (χ2n) is 4.91. The van der Waals surface area contributed by atoms with Crippen LogP contribution in [0.15, 0.2) is 42.9 Å². The molecular weight excluding hydrogens is 264 g/mol. The first-order chi connectivity index (χ1) is 10.2. The molecule has 5 heteroatoms. The summed E-state index contributed by atoms with van der Waals surface area (Å²) in [5, 5.41) is 8.22. The molecule has 0 saturated carbocycles. The summed E-state index contributed by atoms with van der Waals surface area (Å²) >= 11 is 0. The van der Waals surface area contributed by atoms with E-state index >= 15 is 0 Å². The van der Waals surface area contributed by atoms with Crippen molar-refractivity contribution in [3.63, 3.8) is 0 Å². The van der Waals surface area contributed by atoms with E-state index in [1.165, 1.54) is 5.39 Å². The summed E-state index contributed by atoms with van der Waals surface area (Å²) in [5.41, 5.74) is 2.49. The number of amides is 1. The fraction of sp³-hybridized carbons (Fsp3) is 0.250. The third-order valence-corrected chi connectivity index (χ3v) is 3.59. The average Bonchev–Trinajstić information content (AvgIpc) is 3.13. The highest BCUT2D eigenvalue weighted by atomic mass is 16.1. The lowest BCUT2D eigenvalue weighted by Gasteiger charge is -2.06. The molecule has 2 aromatic heterocycles. The standard InChI is InChI=1S/C16H18N4O/c1-3-19-8-7-12-5-6-14(9-15(12)19)18-16(21)13-10-17-20(4-2)11-13/h5-11H,3-4H2,1-2H3,(H,18,21). The van der Waals surface area contributed by atoms with E-state index < -0.39 is 0 Å². The van der Waals surface area contributed by atoms with Crippen LogP contribution in [0.25, 0.3) is 10.9 Å². The van der Waals surface area contributed by atoms with Crippen LogP contribution in [-0.2, 0) is 13.1 Å². The van der Waals surface area contributed by atoms with Gasteiger partial charge in [0.25, 0.3) is 5.91 Å². The largest absolute Gasteiger partial charge is 0.348 e. The zero-order valence-corrected chi connectivity index (χ0v) is 12.2. The molecule has 0 aliphatic carbocycles. The van der Waals surface area contributed by atoms with Crippen LogP contribution >= 0.6 is 0 Å². The Hall–Kier alpha value is -2.56. The van der Waals surface area contributed by atoms with Crippen LogP contribution in [0.3, 0.4) is 0 Å². The predicted molar refractivity (Wildman–Crippen MR) is 83.5 cm³/mol. The Bertz CT molecular complexity index is 785. The highest BCUT2D eigenvalue weighted by molar-refractivity contribution is 6.04. The van der Waals surface area contributed by atoms with Gasteiger partial charge >= 0.3 is 0 Å². The van der Waals surface area contributed by atoms with Crippen LogP contribution in [0.4, 0.5) is 5.69 Å². The van der Waals surface area contributed by atoms with Crippen molar-refractivity contribution in [2.24, 2.45) is 0 Å². The molecule has 3 rings (SSSR count). The molecule has 2 heterocycles. The van der Waals surface area contributed by atoms with Crippen LogP contribution in [-0.4, -0.2) is 20.3 Å². The summed E-state index contributed by atoms with van der Waals surface area (Å²) in [7, 11) is 0.